The van der Waals surface area contributed by atoms with Crippen molar-refractivity contribution in [1.29, 1.82) is 5.41 Å². The summed E-state index contributed by atoms with van der Waals surface area (Å²) in [4.78, 5) is 19.7. The summed E-state index contributed by atoms with van der Waals surface area (Å²) < 4.78 is 30.8. The molecule has 2 N–H and O–H groups in total. The van der Waals surface area contributed by atoms with Crippen molar-refractivity contribution in [1.82, 2.24) is 14.2 Å². The maximum Gasteiger partial charge on any atom is 0.211 e. The van der Waals surface area contributed by atoms with Crippen LogP contribution in [0.4, 0.5) is 0 Å². The second-order valence-corrected chi connectivity index (χ2v) is 12.4. The molecule has 1 aliphatic heterocycles. The lowest BCUT2D eigenvalue weighted by molar-refractivity contribution is 0.0962. The summed E-state index contributed by atoms with van der Waals surface area (Å²) in [5, 5.41) is 19.6. The summed E-state index contributed by atoms with van der Waals surface area (Å²) in [5.41, 5.74) is 3.84. The van der Waals surface area contributed by atoms with Gasteiger partial charge in [-0.05, 0) is 38.3 Å². The van der Waals surface area contributed by atoms with Crippen molar-refractivity contribution in [2.75, 3.05) is 26.5 Å². The van der Waals surface area contributed by atoms with Crippen LogP contribution in [0.3, 0.4) is 0 Å². The average molecular weight is 598 g/mol. The molecule has 0 amide bonds. The van der Waals surface area contributed by atoms with E-state index in [1.54, 1.807) is 17.0 Å². The third kappa shape index (κ3) is 6.32. The minimum atomic E-state index is -3.49. The fraction of sp³-hybridized carbons (Fsp3) is 0.500. The lowest BCUT2D eigenvalue weighted by Crippen LogP contribution is -2.31. The number of aromatic hydroxyl groups is 1. The summed E-state index contributed by atoms with van der Waals surface area (Å²) in [6.45, 7) is 12.2. The standard InChI is InChI=1S/C26H36N4O5S.BrH/c1-9-35-24-15(2)19-13-30(25(27)22(19)28-16(24)3)14-21(31)17-10-18(12-29(7)36(8,33)34)23(32)20(11-17)26(4,5)6;/h10-11,27,32H,9,12-14H2,1-8H3;1H. The number of ether oxygens (including phenoxy) is 1. The van der Waals surface area contributed by atoms with Gasteiger partial charge >= 0.3 is 0 Å². The molecule has 37 heavy (non-hydrogen) atoms. The van der Waals surface area contributed by atoms with Crippen LogP contribution in [0, 0.1) is 19.3 Å². The van der Waals surface area contributed by atoms with E-state index in [1.807, 2.05) is 41.5 Å². The molecule has 0 saturated heterocycles. The SMILES string of the molecule is Br.CCOc1c(C)nc2c(c1C)CN(CC(=O)c1cc(CN(C)S(C)(=O)=O)c(O)c(C(C)(C)C)c1)C2=N. The Kier molecular flexibility index (Phi) is 9.20. The molecule has 1 aliphatic rings. The summed E-state index contributed by atoms with van der Waals surface area (Å²) in [5.74, 6) is 0.639. The monoisotopic (exact) mass is 596 g/mol. The lowest BCUT2D eigenvalue weighted by Gasteiger charge is -2.25. The molecule has 0 saturated carbocycles. The second kappa shape index (κ2) is 11.1. The van der Waals surface area contributed by atoms with Gasteiger partial charge in [0.1, 0.15) is 23.0 Å². The summed E-state index contributed by atoms with van der Waals surface area (Å²) in [7, 11) is -2.06. The van der Waals surface area contributed by atoms with Gasteiger partial charge < -0.3 is 14.7 Å². The predicted molar refractivity (Wildman–Crippen MR) is 150 cm³/mol. The van der Waals surface area contributed by atoms with Gasteiger partial charge in [-0.2, -0.15) is 0 Å². The molecule has 0 aliphatic carbocycles. The highest BCUT2D eigenvalue weighted by Gasteiger charge is 2.32. The van der Waals surface area contributed by atoms with Crippen molar-refractivity contribution >= 4 is 38.6 Å². The molecule has 3 rings (SSSR count). The minimum Gasteiger partial charge on any atom is -0.507 e. The van der Waals surface area contributed by atoms with Crippen LogP contribution in [0.2, 0.25) is 0 Å². The molecular weight excluding hydrogens is 560 g/mol. The van der Waals surface area contributed by atoms with Crippen LogP contribution in [0.5, 0.6) is 11.5 Å². The van der Waals surface area contributed by atoms with E-state index in [-0.39, 0.29) is 47.4 Å². The summed E-state index contributed by atoms with van der Waals surface area (Å²) in [6.07, 6.45) is 1.09. The number of hydrogen-bond acceptors (Lipinski definition) is 7. The zero-order valence-corrected chi connectivity index (χ0v) is 25.3. The number of rotatable bonds is 8. The molecule has 0 radical (unpaired) electrons. The van der Waals surface area contributed by atoms with Crippen LogP contribution in [-0.2, 0) is 28.5 Å². The third-order valence-corrected chi connectivity index (χ3v) is 7.74. The molecule has 0 bridgehead atoms. The molecule has 0 spiro atoms. The van der Waals surface area contributed by atoms with Crippen molar-refractivity contribution < 1.29 is 23.1 Å². The Morgan fingerprint density at radius 2 is 1.89 bits per heavy atom. The van der Waals surface area contributed by atoms with Crippen molar-refractivity contribution in [3.63, 3.8) is 0 Å². The number of aromatic nitrogens is 1. The predicted octanol–water partition coefficient (Wildman–Crippen LogP) is 4.09. The number of phenolic OH excluding ortho intramolecular Hbond substituents is 1. The van der Waals surface area contributed by atoms with Gasteiger partial charge in [-0.3, -0.25) is 10.2 Å². The number of amidine groups is 1. The lowest BCUT2D eigenvalue weighted by atomic mass is 9.83. The van der Waals surface area contributed by atoms with E-state index < -0.39 is 15.4 Å². The van der Waals surface area contributed by atoms with Crippen molar-refractivity contribution in [3.8, 4) is 11.5 Å². The first-order valence-corrected chi connectivity index (χ1v) is 13.7. The first-order valence-electron chi connectivity index (χ1n) is 11.8. The number of nitrogens with one attached hydrogen (secondary N) is 1. The van der Waals surface area contributed by atoms with Gasteiger partial charge in [0.25, 0.3) is 0 Å². The van der Waals surface area contributed by atoms with E-state index in [1.165, 1.54) is 7.05 Å². The van der Waals surface area contributed by atoms with Crippen LogP contribution < -0.4 is 4.74 Å². The number of halogens is 1. The minimum absolute atomic E-state index is 0. The number of sulfonamides is 1. The number of aryl methyl sites for hydroxylation is 1. The van der Waals surface area contributed by atoms with Crippen molar-refractivity contribution in [3.05, 3.63) is 51.3 Å². The van der Waals surface area contributed by atoms with E-state index in [9.17, 15) is 18.3 Å². The molecule has 0 fully saturated rings. The van der Waals surface area contributed by atoms with E-state index >= 15 is 0 Å². The number of benzene rings is 1. The first kappa shape index (κ1) is 30.7. The number of carbonyl (C=O) groups excluding carboxylic acids is 1. The molecule has 204 valence electrons. The molecule has 0 unspecified atom stereocenters. The largest absolute Gasteiger partial charge is 0.507 e. The molecule has 9 nitrogen and oxygen atoms in total. The van der Waals surface area contributed by atoms with Crippen molar-refractivity contribution in [2.45, 2.75) is 60.0 Å². The highest BCUT2D eigenvalue weighted by Crippen LogP contribution is 2.36. The highest BCUT2D eigenvalue weighted by atomic mass is 79.9. The topological polar surface area (TPSA) is 124 Å². The summed E-state index contributed by atoms with van der Waals surface area (Å²) >= 11 is 0. The van der Waals surface area contributed by atoms with Crippen LogP contribution in [0.25, 0.3) is 0 Å². The van der Waals surface area contributed by atoms with Gasteiger partial charge in [0.05, 0.1) is 25.1 Å². The first-order chi connectivity index (χ1) is 16.6. The Balaban J connectivity index is 0.00000481. The number of pyridine rings is 1. The van der Waals surface area contributed by atoms with Gasteiger partial charge in [-0.15, -0.1) is 17.0 Å². The van der Waals surface area contributed by atoms with Gasteiger partial charge in [0.15, 0.2) is 5.78 Å². The molecule has 1 aromatic carbocycles. The molecular formula is C26H37BrN4O5S. The number of phenols is 1. The number of ketones is 1. The second-order valence-electron chi connectivity index (χ2n) is 10.3. The van der Waals surface area contributed by atoms with Crippen LogP contribution in [-0.4, -0.2) is 65.8 Å². The Hall–Kier alpha value is -2.50. The normalized spacial score (nSPS) is 13.5. The van der Waals surface area contributed by atoms with E-state index in [0.29, 0.717) is 47.0 Å². The third-order valence-electron chi connectivity index (χ3n) is 6.48. The van der Waals surface area contributed by atoms with Crippen LogP contribution >= 0.6 is 17.0 Å². The fourth-order valence-corrected chi connectivity index (χ4v) is 4.72. The number of Topliss-reactive ketones (excluding diaryl/α,β-unsaturated/α-hetero) is 1. The smallest absolute Gasteiger partial charge is 0.211 e. The van der Waals surface area contributed by atoms with E-state index in [0.717, 1.165) is 21.7 Å². The molecule has 2 heterocycles. The van der Waals surface area contributed by atoms with Crippen LogP contribution in [0.1, 0.15) is 71.7 Å². The average Bonchev–Trinajstić information content (AvgIpc) is 3.06. The van der Waals surface area contributed by atoms with Gasteiger partial charge in [0, 0.05) is 48.0 Å². The van der Waals surface area contributed by atoms with E-state index in [4.69, 9.17) is 10.1 Å². The van der Waals surface area contributed by atoms with Gasteiger partial charge in [0.2, 0.25) is 10.0 Å². The number of fused-ring (bicyclic) bond motifs is 1. The van der Waals surface area contributed by atoms with Crippen molar-refractivity contribution in [2.24, 2.45) is 0 Å². The van der Waals surface area contributed by atoms with E-state index in [2.05, 4.69) is 4.98 Å². The van der Waals surface area contributed by atoms with Gasteiger partial charge in [-0.1, -0.05) is 20.8 Å². The maximum absolute atomic E-state index is 13.4. The maximum atomic E-state index is 13.4. The molecule has 2 aromatic rings. The Morgan fingerprint density at radius 3 is 2.43 bits per heavy atom. The molecule has 1 aromatic heterocycles. The number of nitrogens with zero attached hydrogens (tertiary/aromatic N) is 3. The van der Waals surface area contributed by atoms with Crippen LogP contribution in [0.15, 0.2) is 12.1 Å². The Morgan fingerprint density at radius 1 is 1.27 bits per heavy atom. The fourth-order valence-electron chi connectivity index (χ4n) is 4.34. The number of carbonyl (C=O) groups is 1. The molecule has 11 heteroatoms. The van der Waals surface area contributed by atoms with Gasteiger partial charge in [-0.25, -0.2) is 17.7 Å². The Bertz CT molecular complexity index is 1340. The Labute approximate surface area is 230 Å². The number of hydrogen-bond donors (Lipinski definition) is 2. The zero-order chi connectivity index (χ0) is 27.2. The highest BCUT2D eigenvalue weighted by molar-refractivity contribution is 8.93. The molecule has 0 atom stereocenters. The zero-order valence-electron chi connectivity index (χ0n) is 22.7. The summed E-state index contributed by atoms with van der Waals surface area (Å²) in [6, 6.07) is 3.21. The quantitative estimate of drug-likeness (QED) is 0.440.